The molecule has 0 aliphatic heterocycles. The van der Waals surface area contributed by atoms with Crippen LogP contribution in [0, 0.1) is 12.3 Å². The lowest BCUT2D eigenvalue weighted by Crippen LogP contribution is -2.02. The average Bonchev–Trinajstić information content (AvgIpc) is 2.18. The maximum atomic E-state index is 11.0. The highest BCUT2D eigenvalue weighted by atomic mass is 32.2. The number of benzene rings is 1. The van der Waals surface area contributed by atoms with Crippen LogP contribution in [0.4, 0.5) is 5.69 Å². The van der Waals surface area contributed by atoms with Crippen molar-refractivity contribution in [1.29, 1.82) is 0 Å². The summed E-state index contributed by atoms with van der Waals surface area (Å²) in [6.07, 6.45) is 5.38. The molecule has 0 radical (unpaired) electrons. The number of hydrogen-bond acceptors (Lipinski definition) is 3. The molecule has 0 aliphatic carbocycles. The molecular formula is C10H11NO3S. The molecule has 3 N–H and O–H groups in total. The van der Waals surface area contributed by atoms with Gasteiger partial charge in [0.1, 0.15) is 5.75 Å². The first-order chi connectivity index (χ1) is 7.11. The molecule has 1 atom stereocenters. The molecule has 4 nitrogen and oxygen atoms in total. The van der Waals surface area contributed by atoms with Gasteiger partial charge in [0, 0.05) is 12.0 Å². The Morgan fingerprint density at radius 3 is 2.80 bits per heavy atom. The van der Waals surface area contributed by atoms with Gasteiger partial charge < -0.3 is 15.0 Å². The Labute approximate surface area is 90.7 Å². The molecule has 0 amide bonds. The second-order valence-electron chi connectivity index (χ2n) is 2.79. The van der Waals surface area contributed by atoms with Crippen LogP contribution in [-0.2, 0) is 17.5 Å². The van der Waals surface area contributed by atoms with Crippen molar-refractivity contribution in [3.8, 4) is 18.1 Å². The molecule has 0 bridgehead atoms. The second kappa shape index (κ2) is 4.82. The quantitative estimate of drug-likeness (QED) is 0.458. The zero-order valence-corrected chi connectivity index (χ0v) is 9.00. The molecule has 5 heteroatoms. The van der Waals surface area contributed by atoms with E-state index in [4.69, 9.17) is 21.4 Å². The Bertz CT molecular complexity index is 437. The van der Waals surface area contributed by atoms with Gasteiger partial charge in [-0.25, -0.2) is 4.21 Å². The molecule has 80 valence electrons. The summed E-state index contributed by atoms with van der Waals surface area (Å²) >= 11 is -2.09. The van der Waals surface area contributed by atoms with E-state index in [0.717, 1.165) is 0 Å². The highest BCUT2D eigenvalue weighted by Gasteiger charge is 2.15. The zero-order valence-electron chi connectivity index (χ0n) is 8.19. The monoisotopic (exact) mass is 225 g/mol. The SMILES string of the molecule is C#CCc1c(S(=O)O)ccc(N)c1OC. The molecule has 1 rings (SSSR count). The average molecular weight is 225 g/mol. The van der Waals surface area contributed by atoms with E-state index in [1.165, 1.54) is 19.2 Å². The molecule has 1 unspecified atom stereocenters. The van der Waals surface area contributed by atoms with Crippen LogP contribution in [0.15, 0.2) is 17.0 Å². The number of nitrogens with two attached hydrogens (primary N) is 1. The third-order valence-corrected chi connectivity index (χ3v) is 2.68. The van der Waals surface area contributed by atoms with Crippen molar-refractivity contribution in [2.24, 2.45) is 0 Å². The van der Waals surface area contributed by atoms with Crippen molar-refractivity contribution in [2.75, 3.05) is 12.8 Å². The summed E-state index contributed by atoms with van der Waals surface area (Å²) in [7, 11) is 1.44. The van der Waals surface area contributed by atoms with E-state index < -0.39 is 11.1 Å². The van der Waals surface area contributed by atoms with Crippen LogP contribution in [0.25, 0.3) is 0 Å². The minimum absolute atomic E-state index is 0.204. The van der Waals surface area contributed by atoms with Gasteiger partial charge in [-0.2, -0.15) is 0 Å². The maximum absolute atomic E-state index is 11.0. The topological polar surface area (TPSA) is 72.5 Å². The number of ether oxygens (including phenoxy) is 1. The Morgan fingerprint density at radius 1 is 1.67 bits per heavy atom. The van der Waals surface area contributed by atoms with E-state index in [1.54, 1.807) is 0 Å². The lowest BCUT2D eigenvalue weighted by Gasteiger charge is -2.11. The van der Waals surface area contributed by atoms with E-state index >= 15 is 0 Å². The molecule has 1 aromatic carbocycles. The Balaban J connectivity index is 3.43. The first kappa shape index (κ1) is 11.6. The Kier molecular flexibility index (Phi) is 3.72. The molecule has 0 spiro atoms. The van der Waals surface area contributed by atoms with Crippen LogP contribution in [0.3, 0.4) is 0 Å². The van der Waals surface area contributed by atoms with Gasteiger partial charge in [-0.3, -0.25) is 0 Å². The molecule has 0 saturated heterocycles. The summed E-state index contributed by atoms with van der Waals surface area (Å²) in [4.78, 5) is 0.235. The van der Waals surface area contributed by atoms with Gasteiger partial charge in [-0.05, 0) is 12.1 Å². The van der Waals surface area contributed by atoms with Crippen LogP contribution in [0.5, 0.6) is 5.75 Å². The van der Waals surface area contributed by atoms with Crippen LogP contribution < -0.4 is 10.5 Å². The fourth-order valence-electron chi connectivity index (χ4n) is 1.30. The van der Waals surface area contributed by atoms with E-state index in [-0.39, 0.29) is 11.3 Å². The van der Waals surface area contributed by atoms with Crippen LogP contribution >= 0.6 is 0 Å². The Morgan fingerprint density at radius 2 is 2.33 bits per heavy atom. The van der Waals surface area contributed by atoms with Crippen molar-refractivity contribution in [2.45, 2.75) is 11.3 Å². The predicted molar refractivity (Wildman–Crippen MR) is 59.0 cm³/mol. The molecule has 0 aliphatic rings. The van der Waals surface area contributed by atoms with Gasteiger partial charge in [0.05, 0.1) is 17.7 Å². The summed E-state index contributed by atoms with van der Waals surface area (Å²) in [5.41, 5.74) is 6.54. The summed E-state index contributed by atoms with van der Waals surface area (Å²) in [6, 6.07) is 2.99. The minimum Gasteiger partial charge on any atom is -0.494 e. The zero-order chi connectivity index (χ0) is 11.4. The molecule has 0 aromatic heterocycles. The molecular weight excluding hydrogens is 214 g/mol. The molecule has 0 heterocycles. The predicted octanol–water partition coefficient (Wildman–Crippen LogP) is 1.03. The molecule has 0 saturated carbocycles. The number of rotatable bonds is 3. The van der Waals surface area contributed by atoms with E-state index in [1.807, 2.05) is 0 Å². The lowest BCUT2D eigenvalue weighted by molar-refractivity contribution is 0.411. The third kappa shape index (κ3) is 2.29. The highest BCUT2D eigenvalue weighted by molar-refractivity contribution is 7.79. The summed E-state index contributed by atoms with van der Waals surface area (Å²) in [5.74, 6) is 2.77. The van der Waals surface area contributed by atoms with Crippen molar-refractivity contribution < 1.29 is 13.5 Å². The molecule has 15 heavy (non-hydrogen) atoms. The van der Waals surface area contributed by atoms with Gasteiger partial charge >= 0.3 is 0 Å². The van der Waals surface area contributed by atoms with Crippen molar-refractivity contribution in [3.63, 3.8) is 0 Å². The first-order valence-corrected chi connectivity index (χ1v) is 5.22. The van der Waals surface area contributed by atoms with Crippen LogP contribution in [0.2, 0.25) is 0 Å². The number of nitrogen functional groups attached to an aromatic ring is 1. The van der Waals surface area contributed by atoms with Crippen LogP contribution in [0.1, 0.15) is 5.56 Å². The van der Waals surface area contributed by atoms with Gasteiger partial charge in [0.15, 0.2) is 11.1 Å². The number of methoxy groups -OCH3 is 1. The van der Waals surface area contributed by atoms with Gasteiger partial charge in [-0.15, -0.1) is 12.3 Å². The standard InChI is InChI=1S/C10H11NO3S/c1-3-4-7-9(15(12)13)6-5-8(11)10(7)14-2/h1,5-6H,4,11H2,2H3,(H,12,13). The van der Waals surface area contributed by atoms with Crippen LogP contribution in [-0.4, -0.2) is 15.9 Å². The molecule has 1 aromatic rings. The lowest BCUT2D eigenvalue weighted by atomic mass is 10.1. The van der Waals surface area contributed by atoms with E-state index in [0.29, 0.717) is 17.0 Å². The fraction of sp³-hybridized carbons (Fsp3) is 0.200. The highest BCUT2D eigenvalue weighted by Crippen LogP contribution is 2.31. The number of hydrogen-bond donors (Lipinski definition) is 2. The van der Waals surface area contributed by atoms with E-state index in [2.05, 4.69) is 5.92 Å². The first-order valence-electron chi connectivity index (χ1n) is 4.11. The fourth-order valence-corrected chi connectivity index (χ4v) is 1.86. The smallest absolute Gasteiger partial charge is 0.186 e. The van der Waals surface area contributed by atoms with Crippen molar-refractivity contribution in [1.82, 2.24) is 0 Å². The summed E-state index contributed by atoms with van der Waals surface area (Å²) in [5, 5.41) is 0. The number of terminal acetylenes is 1. The minimum atomic E-state index is -2.09. The van der Waals surface area contributed by atoms with Gasteiger partial charge in [-0.1, -0.05) is 0 Å². The molecule has 0 fully saturated rings. The maximum Gasteiger partial charge on any atom is 0.186 e. The second-order valence-corrected chi connectivity index (χ2v) is 3.73. The summed E-state index contributed by atoms with van der Waals surface area (Å²) in [6.45, 7) is 0. The van der Waals surface area contributed by atoms with Crippen molar-refractivity contribution in [3.05, 3.63) is 17.7 Å². The largest absolute Gasteiger partial charge is 0.494 e. The summed E-state index contributed by atoms with van der Waals surface area (Å²) < 4.78 is 25.1. The van der Waals surface area contributed by atoms with E-state index in [9.17, 15) is 4.21 Å². The Hall–Kier alpha value is -1.51. The van der Waals surface area contributed by atoms with Crippen molar-refractivity contribution >= 4 is 16.8 Å². The third-order valence-electron chi connectivity index (χ3n) is 1.92. The normalized spacial score (nSPS) is 11.8. The number of anilines is 1. The van der Waals surface area contributed by atoms with Gasteiger partial charge in [0.25, 0.3) is 0 Å². The van der Waals surface area contributed by atoms with Gasteiger partial charge in [0.2, 0.25) is 0 Å².